The van der Waals surface area contributed by atoms with Crippen LogP contribution >= 0.6 is 0 Å². The van der Waals surface area contributed by atoms with Crippen LogP contribution in [-0.2, 0) is 24.0 Å². The number of hydrogen-bond donors (Lipinski definition) is 3. The Morgan fingerprint density at radius 3 is 2.36 bits per heavy atom. The maximum Gasteiger partial charge on any atom is 0.471 e. The summed E-state index contributed by atoms with van der Waals surface area (Å²) in [7, 11) is 0. The van der Waals surface area contributed by atoms with E-state index in [4.69, 9.17) is 4.74 Å². The number of likely N-dealkylation sites (tertiary alicyclic amines) is 1. The second-order valence-corrected chi connectivity index (χ2v) is 12.5. The van der Waals surface area contributed by atoms with Crippen LogP contribution in [0, 0.1) is 40.7 Å². The van der Waals surface area contributed by atoms with E-state index >= 15 is 0 Å². The molecule has 242 valence electrons. The van der Waals surface area contributed by atoms with Gasteiger partial charge in [-0.05, 0) is 48.1 Å². The fraction of sp³-hybridized carbons (Fsp3) is 0.621. The minimum absolute atomic E-state index is 0.0581. The molecule has 4 rings (SSSR count). The van der Waals surface area contributed by atoms with Gasteiger partial charge in [0.25, 0.3) is 0 Å². The van der Waals surface area contributed by atoms with E-state index in [9.17, 15) is 45.9 Å². The number of amides is 4. The second-order valence-electron chi connectivity index (χ2n) is 12.5. The molecule has 1 aliphatic carbocycles. The minimum Gasteiger partial charge on any atom is -0.486 e. The average Bonchev–Trinajstić information content (AvgIpc) is 3.27. The molecule has 1 aromatic rings. The number of nitrogens with one attached hydrogen (secondary N) is 3. The molecule has 0 unspecified atom stereocenters. The number of halogens is 5. The minimum atomic E-state index is -5.22. The molecule has 2 heterocycles. The number of benzene rings is 1. The van der Waals surface area contributed by atoms with Crippen LogP contribution in [-0.4, -0.2) is 78.3 Å². The average molecular weight is 631 g/mol. The summed E-state index contributed by atoms with van der Waals surface area (Å²) < 4.78 is 71.2. The van der Waals surface area contributed by atoms with Crippen molar-refractivity contribution in [2.75, 3.05) is 19.7 Å². The third-order valence-corrected chi connectivity index (χ3v) is 8.90. The lowest BCUT2D eigenvalue weighted by Crippen LogP contribution is -2.59. The lowest BCUT2D eigenvalue weighted by molar-refractivity contribution is -0.175. The summed E-state index contributed by atoms with van der Waals surface area (Å²) in [6.45, 7) is 6.46. The molecule has 3 aliphatic rings. The van der Waals surface area contributed by atoms with Crippen molar-refractivity contribution in [2.45, 2.75) is 64.8 Å². The van der Waals surface area contributed by atoms with Crippen molar-refractivity contribution in [1.82, 2.24) is 20.9 Å². The van der Waals surface area contributed by atoms with E-state index in [0.29, 0.717) is 13.0 Å². The van der Waals surface area contributed by atoms with Crippen molar-refractivity contribution >= 4 is 29.4 Å². The molecule has 15 heteroatoms. The van der Waals surface area contributed by atoms with E-state index in [2.05, 4.69) is 10.6 Å². The second kappa shape index (κ2) is 12.3. The fourth-order valence-corrected chi connectivity index (χ4v) is 6.23. The first kappa shape index (κ1) is 33.1. The Labute approximate surface area is 250 Å². The van der Waals surface area contributed by atoms with Crippen LogP contribution < -0.4 is 20.7 Å². The van der Waals surface area contributed by atoms with Gasteiger partial charge in [-0.15, -0.1) is 0 Å². The molecule has 0 aromatic heterocycles. The van der Waals surface area contributed by atoms with E-state index in [0.717, 1.165) is 23.1 Å². The smallest absolute Gasteiger partial charge is 0.471 e. The Kier molecular flexibility index (Phi) is 9.27. The summed E-state index contributed by atoms with van der Waals surface area (Å²) >= 11 is 0. The fourth-order valence-electron chi connectivity index (χ4n) is 6.23. The van der Waals surface area contributed by atoms with Gasteiger partial charge in [0.2, 0.25) is 17.7 Å². The Morgan fingerprint density at radius 1 is 1.11 bits per heavy atom. The summed E-state index contributed by atoms with van der Waals surface area (Å²) in [6, 6.07) is -1.32. The number of alkyl halides is 3. The topological polar surface area (TPSA) is 134 Å². The van der Waals surface area contributed by atoms with Crippen molar-refractivity contribution in [3.63, 3.8) is 0 Å². The van der Waals surface area contributed by atoms with Crippen LogP contribution in [0.4, 0.5) is 22.0 Å². The van der Waals surface area contributed by atoms with Gasteiger partial charge in [0.15, 0.2) is 17.4 Å². The number of Topliss-reactive ketones (excluding diaryl/α,β-unsaturated/α-hetero) is 1. The van der Waals surface area contributed by atoms with Gasteiger partial charge >= 0.3 is 12.1 Å². The molecule has 0 bridgehead atoms. The zero-order valence-corrected chi connectivity index (χ0v) is 24.6. The number of fused-ring (bicyclic) bond motifs is 1. The van der Waals surface area contributed by atoms with Gasteiger partial charge in [-0.3, -0.25) is 24.0 Å². The van der Waals surface area contributed by atoms with E-state index < -0.39 is 77.9 Å². The van der Waals surface area contributed by atoms with Gasteiger partial charge in [0, 0.05) is 25.1 Å². The number of carbonyl (C=O) groups is 5. The third-order valence-electron chi connectivity index (χ3n) is 8.90. The van der Waals surface area contributed by atoms with Crippen LogP contribution in [0.25, 0.3) is 0 Å². The van der Waals surface area contributed by atoms with E-state index in [1.165, 1.54) is 13.8 Å². The number of nitrogens with zero attached hydrogens (tertiary/aromatic N) is 1. The van der Waals surface area contributed by atoms with E-state index in [1.807, 2.05) is 13.8 Å². The first-order chi connectivity index (χ1) is 20.4. The van der Waals surface area contributed by atoms with Crippen LogP contribution in [0.1, 0.15) is 40.5 Å². The number of hydrogen-bond acceptors (Lipinski definition) is 6. The Morgan fingerprint density at radius 2 is 1.80 bits per heavy atom. The number of ketones is 1. The predicted octanol–water partition coefficient (Wildman–Crippen LogP) is 2.11. The standard InChI is InChI=1S/C29H35F5N4O6/c1-13(2)22(37-27(43)29(32,33)34)26(42)38-11-16-21(28(16,3)4)23(38)25(41)36-19(9-14-7-8-35-24(14)40)20(39)12-44-15-5-6-17(30)18(31)10-15/h5-6,10,13-14,16,19,21-23H,7-9,11-12H2,1-4H3,(H,35,40)(H,36,41)(H,37,43)/t14-,16-,19-,21-,22-,23-/m0/s1. The monoisotopic (exact) mass is 630 g/mol. The maximum absolute atomic E-state index is 13.8. The highest BCUT2D eigenvalue weighted by atomic mass is 19.4. The Hall–Kier alpha value is -3.78. The van der Waals surface area contributed by atoms with Gasteiger partial charge in [-0.2, -0.15) is 13.2 Å². The highest BCUT2D eigenvalue weighted by Gasteiger charge is 2.69. The van der Waals surface area contributed by atoms with Crippen LogP contribution in [0.3, 0.4) is 0 Å². The first-order valence-electron chi connectivity index (χ1n) is 14.3. The van der Waals surface area contributed by atoms with Crippen molar-refractivity contribution in [1.29, 1.82) is 0 Å². The molecule has 1 saturated carbocycles. The van der Waals surface area contributed by atoms with E-state index in [1.54, 1.807) is 5.32 Å². The van der Waals surface area contributed by atoms with Gasteiger partial charge in [0.05, 0.1) is 6.04 Å². The zero-order chi connectivity index (χ0) is 32.7. The lowest BCUT2D eigenvalue weighted by Gasteiger charge is -2.35. The molecular weight excluding hydrogens is 595 g/mol. The number of rotatable bonds is 11. The largest absolute Gasteiger partial charge is 0.486 e. The molecule has 2 aliphatic heterocycles. The molecule has 0 spiro atoms. The highest BCUT2D eigenvalue weighted by molar-refractivity contribution is 5.97. The summed E-state index contributed by atoms with van der Waals surface area (Å²) in [5.74, 6) is -9.23. The van der Waals surface area contributed by atoms with Crippen molar-refractivity contribution in [3.05, 3.63) is 29.8 Å². The first-order valence-corrected chi connectivity index (χ1v) is 14.3. The summed E-state index contributed by atoms with van der Waals surface area (Å²) in [5, 5.41) is 7.02. The Bertz CT molecular complexity index is 1340. The molecule has 2 saturated heterocycles. The molecule has 44 heavy (non-hydrogen) atoms. The van der Waals surface area contributed by atoms with Gasteiger partial charge in [-0.1, -0.05) is 27.7 Å². The Balaban J connectivity index is 1.54. The quantitative estimate of drug-likeness (QED) is 0.321. The molecule has 10 nitrogen and oxygen atoms in total. The van der Waals surface area contributed by atoms with Gasteiger partial charge in [0.1, 0.15) is 24.4 Å². The van der Waals surface area contributed by atoms with Crippen molar-refractivity contribution in [3.8, 4) is 5.75 Å². The number of piperidine rings is 1. The maximum atomic E-state index is 13.8. The molecule has 0 radical (unpaired) electrons. The third kappa shape index (κ3) is 6.80. The molecule has 3 N–H and O–H groups in total. The molecule has 6 atom stereocenters. The molecule has 3 fully saturated rings. The lowest BCUT2D eigenvalue weighted by atomic mass is 9.94. The summed E-state index contributed by atoms with van der Waals surface area (Å²) in [6.07, 6.45) is -4.93. The van der Waals surface area contributed by atoms with Crippen LogP contribution in [0.5, 0.6) is 5.75 Å². The SMILES string of the molecule is CC(C)[C@H](NC(=O)C(F)(F)F)C(=O)N1C[C@H]2[C@@H]([C@H]1C(=O)N[C@@H](C[C@@H]1CCNC1=O)C(=O)COc1ccc(F)c(F)c1)C2(C)C. The number of ether oxygens (including phenoxy) is 1. The van der Waals surface area contributed by atoms with Crippen molar-refractivity contribution in [2.24, 2.45) is 29.1 Å². The van der Waals surface area contributed by atoms with Crippen LogP contribution in [0.15, 0.2) is 18.2 Å². The molecular formula is C29H35F5N4O6. The summed E-state index contributed by atoms with van der Waals surface area (Å²) in [4.78, 5) is 65.8. The molecule has 4 amide bonds. The van der Waals surface area contributed by atoms with Gasteiger partial charge in [-0.25, -0.2) is 8.78 Å². The normalized spacial score (nSPS) is 25.1. The zero-order valence-electron chi connectivity index (χ0n) is 24.6. The number of carbonyl (C=O) groups excluding carboxylic acids is 5. The van der Waals surface area contributed by atoms with Crippen LogP contribution in [0.2, 0.25) is 0 Å². The van der Waals surface area contributed by atoms with Gasteiger partial charge < -0.3 is 25.6 Å². The summed E-state index contributed by atoms with van der Waals surface area (Å²) in [5.41, 5.74) is -0.387. The van der Waals surface area contributed by atoms with Crippen molar-refractivity contribution < 1.29 is 50.7 Å². The highest BCUT2D eigenvalue weighted by Crippen LogP contribution is 2.65. The predicted molar refractivity (Wildman–Crippen MR) is 144 cm³/mol. The molecule has 1 aromatic carbocycles. The van der Waals surface area contributed by atoms with E-state index in [-0.39, 0.29) is 41.9 Å².